The van der Waals surface area contributed by atoms with Gasteiger partial charge in [-0.3, -0.25) is 0 Å². The van der Waals surface area contributed by atoms with Crippen LogP contribution in [0.25, 0.3) is 0 Å². The Bertz CT molecular complexity index is 478. The standard InChI is InChI=1S/C12H9F4N/c13-11-5-10(12(14,15)16)4-3-9(11)2-1-8-6-17-7-8/h3-5,8,17H,6-7H2. The van der Waals surface area contributed by atoms with E-state index in [4.69, 9.17) is 0 Å². The molecule has 2 rings (SSSR count). The van der Waals surface area contributed by atoms with Crippen molar-refractivity contribution in [3.05, 3.63) is 35.1 Å². The molecule has 0 unspecified atom stereocenters. The van der Waals surface area contributed by atoms with Crippen LogP contribution in [0.2, 0.25) is 0 Å². The van der Waals surface area contributed by atoms with Gasteiger partial charge in [-0.2, -0.15) is 13.2 Å². The van der Waals surface area contributed by atoms with E-state index in [9.17, 15) is 17.6 Å². The number of hydrogen-bond acceptors (Lipinski definition) is 1. The monoisotopic (exact) mass is 243 g/mol. The molecule has 0 bridgehead atoms. The molecule has 0 spiro atoms. The largest absolute Gasteiger partial charge is 0.416 e. The molecule has 1 fully saturated rings. The maximum absolute atomic E-state index is 13.3. The lowest BCUT2D eigenvalue weighted by molar-refractivity contribution is -0.137. The van der Waals surface area contributed by atoms with Gasteiger partial charge in [0.1, 0.15) is 5.82 Å². The van der Waals surface area contributed by atoms with Gasteiger partial charge < -0.3 is 5.32 Å². The van der Waals surface area contributed by atoms with Gasteiger partial charge in [0, 0.05) is 19.0 Å². The van der Waals surface area contributed by atoms with Crippen molar-refractivity contribution in [3.63, 3.8) is 0 Å². The zero-order chi connectivity index (χ0) is 12.5. The average molecular weight is 243 g/mol. The first-order valence-electron chi connectivity index (χ1n) is 5.06. The van der Waals surface area contributed by atoms with Gasteiger partial charge in [-0.25, -0.2) is 4.39 Å². The summed E-state index contributed by atoms with van der Waals surface area (Å²) >= 11 is 0. The molecule has 1 aliphatic heterocycles. The highest BCUT2D eigenvalue weighted by Gasteiger charge is 2.31. The SMILES string of the molecule is Fc1cc(C(F)(F)F)ccc1C#CC1CNC1. The van der Waals surface area contributed by atoms with E-state index in [1.807, 2.05) is 0 Å². The van der Waals surface area contributed by atoms with Gasteiger partial charge in [-0.1, -0.05) is 11.8 Å². The first-order valence-corrected chi connectivity index (χ1v) is 5.06. The van der Waals surface area contributed by atoms with Crippen LogP contribution < -0.4 is 5.32 Å². The molecule has 17 heavy (non-hydrogen) atoms. The molecule has 0 aromatic heterocycles. The maximum atomic E-state index is 13.3. The summed E-state index contributed by atoms with van der Waals surface area (Å²) in [4.78, 5) is 0. The maximum Gasteiger partial charge on any atom is 0.416 e. The summed E-state index contributed by atoms with van der Waals surface area (Å²) in [7, 11) is 0. The van der Waals surface area contributed by atoms with Crippen LogP contribution in [0.1, 0.15) is 11.1 Å². The van der Waals surface area contributed by atoms with E-state index in [1.54, 1.807) is 0 Å². The van der Waals surface area contributed by atoms with Crippen LogP contribution in [-0.4, -0.2) is 13.1 Å². The van der Waals surface area contributed by atoms with E-state index in [1.165, 1.54) is 0 Å². The minimum atomic E-state index is -4.52. The minimum absolute atomic E-state index is 0.00454. The van der Waals surface area contributed by atoms with Crippen molar-refractivity contribution in [1.29, 1.82) is 0 Å². The van der Waals surface area contributed by atoms with Gasteiger partial charge in [0.05, 0.1) is 11.1 Å². The van der Waals surface area contributed by atoms with E-state index in [-0.39, 0.29) is 11.5 Å². The van der Waals surface area contributed by atoms with Crippen molar-refractivity contribution >= 4 is 0 Å². The van der Waals surface area contributed by atoms with Crippen molar-refractivity contribution in [2.45, 2.75) is 6.18 Å². The molecule has 1 aromatic rings. The summed E-state index contributed by atoms with van der Waals surface area (Å²) in [6.07, 6.45) is -4.52. The Morgan fingerprint density at radius 3 is 2.41 bits per heavy atom. The number of hydrogen-bond donors (Lipinski definition) is 1. The number of benzene rings is 1. The molecule has 1 saturated heterocycles. The normalized spacial score (nSPS) is 16.0. The van der Waals surface area contributed by atoms with E-state index in [2.05, 4.69) is 17.2 Å². The summed E-state index contributed by atoms with van der Waals surface area (Å²) in [5, 5.41) is 3.00. The number of alkyl halides is 3. The fraction of sp³-hybridized carbons (Fsp3) is 0.333. The second-order valence-electron chi connectivity index (χ2n) is 3.82. The Morgan fingerprint density at radius 2 is 1.94 bits per heavy atom. The highest BCUT2D eigenvalue weighted by Crippen LogP contribution is 2.30. The molecule has 1 aromatic carbocycles. The van der Waals surface area contributed by atoms with Crippen molar-refractivity contribution in [2.24, 2.45) is 5.92 Å². The minimum Gasteiger partial charge on any atom is -0.314 e. The number of halogens is 4. The summed E-state index contributed by atoms with van der Waals surface area (Å²) in [6.45, 7) is 1.49. The molecule has 0 aliphatic carbocycles. The van der Waals surface area contributed by atoms with Gasteiger partial charge in [0.25, 0.3) is 0 Å². The Balaban J connectivity index is 2.21. The first kappa shape index (κ1) is 11.9. The molecule has 1 nitrogen and oxygen atoms in total. The average Bonchev–Trinajstić information content (AvgIpc) is 2.16. The molecule has 1 heterocycles. The van der Waals surface area contributed by atoms with Crippen molar-refractivity contribution in [1.82, 2.24) is 5.32 Å². The van der Waals surface area contributed by atoms with Gasteiger partial charge in [-0.05, 0) is 18.2 Å². The van der Waals surface area contributed by atoms with Crippen LogP contribution in [-0.2, 0) is 6.18 Å². The smallest absolute Gasteiger partial charge is 0.314 e. The third-order valence-electron chi connectivity index (χ3n) is 2.49. The van der Waals surface area contributed by atoms with Crippen LogP contribution in [0.4, 0.5) is 17.6 Å². The van der Waals surface area contributed by atoms with Crippen molar-refractivity contribution in [3.8, 4) is 11.8 Å². The molecule has 5 heteroatoms. The van der Waals surface area contributed by atoms with E-state index in [0.29, 0.717) is 6.07 Å². The fourth-order valence-electron chi connectivity index (χ4n) is 1.36. The van der Waals surface area contributed by atoms with E-state index < -0.39 is 17.6 Å². The van der Waals surface area contributed by atoms with Gasteiger partial charge >= 0.3 is 6.18 Å². The third kappa shape index (κ3) is 2.77. The molecule has 1 N–H and O–H groups in total. The summed E-state index contributed by atoms with van der Waals surface area (Å²) < 4.78 is 50.1. The quantitative estimate of drug-likeness (QED) is 0.545. The molecule has 1 aliphatic rings. The van der Waals surface area contributed by atoms with Gasteiger partial charge in [0.2, 0.25) is 0 Å². The molecule has 0 saturated carbocycles. The lowest BCUT2D eigenvalue weighted by Crippen LogP contribution is -2.40. The second-order valence-corrected chi connectivity index (χ2v) is 3.82. The lowest BCUT2D eigenvalue weighted by atomic mass is 10.0. The summed E-state index contributed by atoms with van der Waals surface area (Å²) in [5.41, 5.74) is -0.990. The third-order valence-corrected chi connectivity index (χ3v) is 2.49. The van der Waals surface area contributed by atoms with Crippen LogP contribution in [0.3, 0.4) is 0 Å². The van der Waals surface area contributed by atoms with Gasteiger partial charge in [-0.15, -0.1) is 0 Å². The molecular formula is C12H9F4N. The number of rotatable bonds is 0. The summed E-state index contributed by atoms with van der Waals surface area (Å²) in [6, 6.07) is 2.38. The van der Waals surface area contributed by atoms with Crippen molar-refractivity contribution < 1.29 is 17.6 Å². The van der Waals surface area contributed by atoms with E-state index >= 15 is 0 Å². The molecular weight excluding hydrogens is 234 g/mol. The second kappa shape index (κ2) is 4.38. The molecule has 0 amide bonds. The predicted molar refractivity (Wildman–Crippen MR) is 54.6 cm³/mol. The zero-order valence-electron chi connectivity index (χ0n) is 8.74. The van der Waals surface area contributed by atoms with Crippen molar-refractivity contribution in [2.75, 3.05) is 13.1 Å². The Labute approximate surface area is 95.8 Å². The molecule has 0 radical (unpaired) electrons. The molecule has 0 atom stereocenters. The van der Waals surface area contributed by atoms with E-state index in [0.717, 1.165) is 25.2 Å². The Kier molecular flexibility index (Phi) is 3.07. The lowest BCUT2D eigenvalue weighted by Gasteiger charge is -2.21. The first-order chi connectivity index (χ1) is 7.97. The zero-order valence-corrected chi connectivity index (χ0v) is 8.74. The fourth-order valence-corrected chi connectivity index (χ4v) is 1.36. The van der Waals surface area contributed by atoms with Gasteiger partial charge in [0.15, 0.2) is 0 Å². The van der Waals surface area contributed by atoms with Crippen LogP contribution >= 0.6 is 0 Å². The highest BCUT2D eigenvalue weighted by molar-refractivity contribution is 5.39. The Morgan fingerprint density at radius 1 is 1.24 bits per heavy atom. The van der Waals surface area contributed by atoms with Crippen LogP contribution in [0.15, 0.2) is 18.2 Å². The van der Waals surface area contributed by atoms with Crippen LogP contribution in [0, 0.1) is 23.6 Å². The Hall–Kier alpha value is -1.54. The highest BCUT2D eigenvalue weighted by atomic mass is 19.4. The van der Waals surface area contributed by atoms with Crippen LogP contribution in [0.5, 0.6) is 0 Å². The topological polar surface area (TPSA) is 12.0 Å². The molecule has 90 valence electrons. The summed E-state index contributed by atoms with van der Waals surface area (Å²) in [5.74, 6) is 4.59. The predicted octanol–water partition coefficient (Wildman–Crippen LogP) is 2.42. The number of nitrogens with one attached hydrogen (secondary N) is 1.